The number of hydrogen-bond acceptors (Lipinski definition) is 3. The third-order valence-electron chi connectivity index (χ3n) is 3.29. The van der Waals surface area contributed by atoms with Gasteiger partial charge < -0.3 is 16.6 Å². The number of carboxylic acids is 1. The van der Waals surface area contributed by atoms with Crippen LogP contribution in [0.2, 0.25) is 0 Å². The molecule has 5 N–H and O–H groups in total. The van der Waals surface area contributed by atoms with Crippen molar-refractivity contribution in [1.29, 1.82) is 0 Å². The molecular weight excluding hydrogens is 192 g/mol. The number of nitrogens with two attached hydrogens (primary N) is 2. The number of hydrogen-bond donors (Lipinski definition) is 3. The zero-order valence-corrected chi connectivity index (χ0v) is 9.19. The topological polar surface area (TPSA) is 89.3 Å². The molecule has 1 saturated carbocycles. The quantitative estimate of drug-likeness (QED) is 0.639. The maximum absolute atomic E-state index is 10.5. The van der Waals surface area contributed by atoms with Crippen LogP contribution in [-0.4, -0.2) is 23.2 Å². The second-order valence-corrected chi connectivity index (χ2v) is 4.67. The van der Waals surface area contributed by atoms with Gasteiger partial charge in [-0.25, -0.2) is 0 Å². The Balaban J connectivity index is 2.26. The molecule has 0 unspecified atom stereocenters. The molecule has 0 amide bonds. The Morgan fingerprint density at radius 1 is 1.20 bits per heavy atom. The lowest BCUT2D eigenvalue weighted by Gasteiger charge is -2.27. The fraction of sp³-hybridized carbons (Fsp3) is 0.909. The van der Waals surface area contributed by atoms with Crippen molar-refractivity contribution in [2.24, 2.45) is 17.4 Å². The Morgan fingerprint density at radius 3 is 2.33 bits per heavy atom. The van der Waals surface area contributed by atoms with Crippen LogP contribution in [0.25, 0.3) is 0 Å². The molecule has 0 radical (unpaired) electrons. The van der Waals surface area contributed by atoms with Gasteiger partial charge in [0.2, 0.25) is 0 Å². The van der Waals surface area contributed by atoms with Crippen molar-refractivity contribution in [2.45, 2.75) is 57.0 Å². The van der Waals surface area contributed by atoms with Crippen LogP contribution in [0.1, 0.15) is 44.9 Å². The van der Waals surface area contributed by atoms with E-state index in [4.69, 9.17) is 16.6 Å². The summed E-state index contributed by atoms with van der Waals surface area (Å²) in [5, 5.41) is 8.60. The van der Waals surface area contributed by atoms with Gasteiger partial charge >= 0.3 is 5.97 Å². The molecule has 0 aromatic carbocycles. The van der Waals surface area contributed by atoms with Crippen LogP contribution in [0.3, 0.4) is 0 Å². The molecule has 0 aromatic heterocycles. The summed E-state index contributed by atoms with van der Waals surface area (Å²) in [5.41, 5.74) is 11.6. The first kappa shape index (κ1) is 12.5. The number of carbonyl (C=O) groups is 1. The third-order valence-corrected chi connectivity index (χ3v) is 3.29. The number of rotatable bonds is 5. The monoisotopic (exact) mass is 214 g/mol. The summed E-state index contributed by atoms with van der Waals surface area (Å²) < 4.78 is 0. The van der Waals surface area contributed by atoms with Gasteiger partial charge in [0, 0.05) is 12.1 Å². The van der Waals surface area contributed by atoms with Gasteiger partial charge in [0.25, 0.3) is 0 Å². The summed E-state index contributed by atoms with van der Waals surface area (Å²) in [5.74, 6) is -0.199. The molecule has 0 spiro atoms. The highest BCUT2D eigenvalue weighted by Gasteiger charge is 2.22. The van der Waals surface area contributed by atoms with E-state index in [1.54, 1.807) is 0 Å². The lowest BCUT2D eigenvalue weighted by atomic mass is 9.83. The molecule has 1 rings (SSSR count). The van der Waals surface area contributed by atoms with Gasteiger partial charge in [-0.3, -0.25) is 4.79 Å². The van der Waals surface area contributed by atoms with Gasteiger partial charge in [-0.1, -0.05) is 32.1 Å². The summed E-state index contributed by atoms with van der Waals surface area (Å²) in [4.78, 5) is 10.5. The van der Waals surface area contributed by atoms with E-state index in [-0.39, 0.29) is 12.5 Å². The molecule has 0 aromatic rings. The first-order valence-electron chi connectivity index (χ1n) is 5.82. The zero-order chi connectivity index (χ0) is 11.3. The molecular formula is C11H22N2O2. The predicted molar refractivity (Wildman–Crippen MR) is 59.4 cm³/mol. The van der Waals surface area contributed by atoms with Gasteiger partial charge in [0.15, 0.2) is 0 Å². The normalized spacial score (nSPS) is 22.3. The molecule has 0 saturated heterocycles. The van der Waals surface area contributed by atoms with E-state index in [0.29, 0.717) is 5.92 Å². The SMILES string of the molecule is N[C@@H](CC(=O)O)[C@@H](N)CC1CCCCC1. The molecule has 1 aliphatic carbocycles. The van der Waals surface area contributed by atoms with Crippen LogP contribution in [0, 0.1) is 5.92 Å². The van der Waals surface area contributed by atoms with E-state index in [9.17, 15) is 4.79 Å². The van der Waals surface area contributed by atoms with E-state index < -0.39 is 12.0 Å². The lowest BCUT2D eigenvalue weighted by Crippen LogP contribution is -2.44. The van der Waals surface area contributed by atoms with Crippen molar-refractivity contribution in [3.63, 3.8) is 0 Å². The largest absolute Gasteiger partial charge is 0.481 e. The molecule has 1 aliphatic rings. The first-order chi connectivity index (χ1) is 7.09. The van der Waals surface area contributed by atoms with E-state index >= 15 is 0 Å². The zero-order valence-electron chi connectivity index (χ0n) is 9.19. The van der Waals surface area contributed by atoms with Crippen molar-refractivity contribution in [2.75, 3.05) is 0 Å². The summed E-state index contributed by atoms with van der Waals surface area (Å²) in [6.07, 6.45) is 7.22. The summed E-state index contributed by atoms with van der Waals surface area (Å²) in [6, 6.07) is -0.561. The van der Waals surface area contributed by atoms with Crippen LogP contribution in [0.4, 0.5) is 0 Å². The minimum Gasteiger partial charge on any atom is -0.481 e. The maximum Gasteiger partial charge on any atom is 0.304 e. The molecule has 15 heavy (non-hydrogen) atoms. The smallest absolute Gasteiger partial charge is 0.304 e. The Hall–Kier alpha value is -0.610. The Kier molecular flexibility index (Phi) is 5.05. The lowest BCUT2D eigenvalue weighted by molar-refractivity contribution is -0.137. The van der Waals surface area contributed by atoms with Gasteiger partial charge in [0.1, 0.15) is 0 Å². The van der Waals surface area contributed by atoms with Gasteiger partial charge in [-0.2, -0.15) is 0 Å². The Labute approximate surface area is 91.0 Å². The maximum atomic E-state index is 10.5. The van der Waals surface area contributed by atoms with Crippen LogP contribution < -0.4 is 11.5 Å². The first-order valence-corrected chi connectivity index (χ1v) is 5.82. The van der Waals surface area contributed by atoms with E-state index in [0.717, 1.165) is 6.42 Å². The summed E-state index contributed by atoms with van der Waals surface area (Å²) in [7, 11) is 0. The fourth-order valence-corrected chi connectivity index (χ4v) is 2.34. The standard InChI is InChI=1S/C11H22N2O2/c12-9(10(13)7-11(14)15)6-8-4-2-1-3-5-8/h8-10H,1-7,12-13H2,(H,14,15)/t9-,10-/m0/s1. The molecule has 2 atom stereocenters. The average Bonchev–Trinajstić information content (AvgIpc) is 2.18. The molecule has 4 heteroatoms. The third kappa shape index (κ3) is 4.62. The van der Waals surface area contributed by atoms with Crippen molar-refractivity contribution >= 4 is 5.97 Å². The van der Waals surface area contributed by atoms with Gasteiger partial charge in [-0.05, 0) is 12.3 Å². The van der Waals surface area contributed by atoms with E-state index in [1.165, 1.54) is 32.1 Å². The van der Waals surface area contributed by atoms with Crippen molar-refractivity contribution in [3.8, 4) is 0 Å². The molecule has 4 nitrogen and oxygen atoms in total. The van der Waals surface area contributed by atoms with Crippen LogP contribution in [0.15, 0.2) is 0 Å². The summed E-state index contributed by atoms with van der Waals surface area (Å²) in [6.45, 7) is 0. The molecule has 0 bridgehead atoms. The van der Waals surface area contributed by atoms with Crippen LogP contribution in [0.5, 0.6) is 0 Å². The van der Waals surface area contributed by atoms with Crippen LogP contribution in [-0.2, 0) is 4.79 Å². The van der Waals surface area contributed by atoms with Crippen molar-refractivity contribution in [3.05, 3.63) is 0 Å². The highest BCUT2D eigenvalue weighted by atomic mass is 16.4. The van der Waals surface area contributed by atoms with E-state index in [1.807, 2.05) is 0 Å². The Morgan fingerprint density at radius 2 is 1.80 bits per heavy atom. The molecule has 0 heterocycles. The fourth-order valence-electron chi connectivity index (χ4n) is 2.34. The van der Waals surface area contributed by atoms with Gasteiger partial charge in [0.05, 0.1) is 6.42 Å². The van der Waals surface area contributed by atoms with Crippen LogP contribution >= 0.6 is 0 Å². The minimum atomic E-state index is -0.860. The van der Waals surface area contributed by atoms with Crippen molar-refractivity contribution < 1.29 is 9.90 Å². The van der Waals surface area contributed by atoms with Gasteiger partial charge in [-0.15, -0.1) is 0 Å². The second-order valence-electron chi connectivity index (χ2n) is 4.67. The average molecular weight is 214 g/mol. The molecule has 88 valence electrons. The predicted octanol–water partition coefficient (Wildman–Crippen LogP) is 1.09. The highest BCUT2D eigenvalue weighted by molar-refractivity contribution is 5.67. The minimum absolute atomic E-state index is 0.0200. The Bertz CT molecular complexity index is 203. The number of carboxylic acid groups (broad SMARTS) is 1. The summed E-state index contributed by atoms with van der Waals surface area (Å²) >= 11 is 0. The molecule has 0 aliphatic heterocycles. The molecule has 1 fully saturated rings. The van der Waals surface area contributed by atoms with E-state index in [2.05, 4.69) is 0 Å². The number of aliphatic carboxylic acids is 1. The highest BCUT2D eigenvalue weighted by Crippen LogP contribution is 2.27. The van der Waals surface area contributed by atoms with Crippen molar-refractivity contribution in [1.82, 2.24) is 0 Å². The second kappa shape index (κ2) is 6.08.